The van der Waals surface area contributed by atoms with Crippen LogP contribution in [0, 0.1) is 13.8 Å². The molecule has 0 saturated heterocycles. The van der Waals surface area contributed by atoms with Gasteiger partial charge in [-0.3, -0.25) is 25.2 Å². The Bertz CT molecular complexity index is 915. The van der Waals surface area contributed by atoms with Gasteiger partial charge < -0.3 is 10.1 Å². The Morgan fingerprint density at radius 1 is 0.966 bits per heavy atom. The number of hydrogen-bond donors (Lipinski definition) is 3. The van der Waals surface area contributed by atoms with Gasteiger partial charge in [0, 0.05) is 23.0 Å². The average Bonchev–Trinajstić information content (AvgIpc) is 2.68. The first-order valence-corrected chi connectivity index (χ1v) is 9.98. The first-order chi connectivity index (χ1) is 13.8. The maximum absolute atomic E-state index is 12.3. The second kappa shape index (κ2) is 10.6. The highest BCUT2D eigenvalue weighted by Crippen LogP contribution is 2.23. The van der Waals surface area contributed by atoms with Gasteiger partial charge in [0.2, 0.25) is 11.8 Å². The van der Waals surface area contributed by atoms with E-state index >= 15 is 0 Å². The fourth-order valence-corrected chi connectivity index (χ4v) is 2.89. The van der Waals surface area contributed by atoms with Gasteiger partial charge in [0.05, 0.1) is 12.2 Å². The summed E-state index contributed by atoms with van der Waals surface area (Å²) in [5.41, 5.74) is 7.65. The number of hydrogen-bond acceptors (Lipinski definition) is 4. The lowest BCUT2D eigenvalue weighted by Gasteiger charge is -2.12. The van der Waals surface area contributed by atoms with Crippen molar-refractivity contribution in [3.8, 4) is 5.75 Å². The molecule has 0 saturated carbocycles. The van der Waals surface area contributed by atoms with Crippen LogP contribution in [0.3, 0.4) is 0 Å². The van der Waals surface area contributed by atoms with Gasteiger partial charge in [0.1, 0.15) is 5.75 Å². The second-order valence-corrected chi connectivity index (χ2v) is 7.36. The summed E-state index contributed by atoms with van der Waals surface area (Å²) in [4.78, 5) is 36.4. The molecule has 0 atom stereocenters. The summed E-state index contributed by atoms with van der Waals surface area (Å²) in [6, 6.07) is 10.8. The quantitative estimate of drug-likeness (QED) is 0.548. The molecule has 8 heteroatoms. The first kappa shape index (κ1) is 22.4. The third-order valence-corrected chi connectivity index (χ3v) is 4.54. The largest absolute Gasteiger partial charge is 0.493 e. The molecule has 0 spiro atoms. The van der Waals surface area contributed by atoms with Gasteiger partial charge in [-0.2, -0.15) is 0 Å². The molecule has 29 heavy (non-hydrogen) atoms. The molecule has 0 heterocycles. The number of carbonyl (C=O) groups is 3. The maximum Gasteiger partial charge on any atom is 0.273 e. The summed E-state index contributed by atoms with van der Waals surface area (Å²) >= 11 is 3.31. The maximum atomic E-state index is 12.3. The van der Waals surface area contributed by atoms with E-state index in [0.29, 0.717) is 16.8 Å². The standard InChI is InChI=1S/C21H24BrN3O4/c1-4-29-18-8-7-15(22)12-16(18)21(28)25-24-20(27)10-9-19(26)23-17-11-13(2)5-6-14(17)3/h5-8,11-12H,4,9-10H2,1-3H3,(H,23,26)(H,24,27)(H,25,28). The minimum atomic E-state index is -0.511. The van der Waals surface area contributed by atoms with Crippen LogP contribution in [0.15, 0.2) is 40.9 Å². The van der Waals surface area contributed by atoms with Gasteiger partial charge in [-0.05, 0) is 56.2 Å². The zero-order chi connectivity index (χ0) is 21.4. The Labute approximate surface area is 178 Å². The van der Waals surface area contributed by atoms with Crippen molar-refractivity contribution in [3.05, 3.63) is 57.6 Å². The highest BCUT2D eigenvalue weighted by atomic mass is 79.9. The summed E-state index contributed by atoms with van der Waals surface area (Å²) in [5, 5.41) is 2.80. The van der Waals surface area contributed by atoms with E-state index in [9.17, 15) is 14.4 Å². The molecule has 154 valence electrons. The van der Waals surface area contributed by atoms with Crippen LogP contribution in [0.5, 0.6) is 5.75 Å². The molecule has 3 amide bonds. The van der Waals surface area contributed by atoms with Gasteiger partial charge in [-0.25, -0.2) is 0 Å². The Kier molecular flexibility index (Phi) is 8.21. The molecule has 3 N–H and O–H groups in total. The number of carbonyl (C=O) groups excluding carboxylic acids is 3. The van der Waals surface area contributed by atoms with E-state index in [4.69, 9.17) is 4.74 Å². The zero-order valence-electron chi connectivity index (χ0n) is 16.6. The molecule has 0 unspecified atom stereocenters. The number of amides is 3. The van der Waals surface area contributed by atoms with Crippen LogP contribution in [-0.2, 0) is 9.59 Å². The van der Waals surface area contributed by atoms with E-state index < -0.39 is 11.8 Å². The van der Waals surface area contributed by atoms with Gasteiger partial charge in [-0.1, -0.05) is 28.1 Å². The summed E-state index contributed by atoms with van der Waals surface area (Å²) in [6.45, 7) is 6.06. The molecular weight excluding hydrogens is 438 g/mol. The van der Waals surface area contributed by atoms with Crippen molar-refractivity contribution in [2.24, 2.45) is 0 Å². The van der Waals surface area contributed by atoms with E-state index in [1.807, 2.05) is 39.0 Å². The third kappa shape index (κ3) is 6.90. The van der Waals surface area contributed by atoms with Crippen molar-refractivity contribution in [2.45, 2.75) is 33.6 Å². The Hall–Kier alpha value is -2.87. The summed E-state index contributed by atoms with van der Waals surface area (Å²) in [5.74, 6) is -0.841. The zero-order valence-corrected chi connectivity index (χ0v) is 18.2. The normalized spacial score (nSPS) is 10.2. The Morgan fingerprint density at radius 3 is 2.41 bits per heavy atom. The van der Waals surface area contributed by atoms with Crippen LogP contribution in [0.1, 0.15) is 41.3 Å². The van der Waals surface area contributed by atoms with Crippen molar-refractivity contribution in [2.75, 3.05) is 11.9 Å². The first-order valence-electron chi connectivity index (χ1n) is 9.18. The molecule has 0 bridgehead atoms. The van der Waals surface area contributed by atoms with Crippen molar-refractivity contribution in [1.82, 2.24) is 10.9 Å². The number of anilines is 1. The molecule has 2 aromatic carbocycles. The van der Waals surface area contributed by atoms with Crippen LogP contribution >= 0.6 is 15.9 Å². The molecule has 0 aliphatic carbocycles. The Balaban J connectivity index is 1.84. The molecule has 0 aliphatic rings. The van der Waals surface area contributed by atoms with E-state index in [-0.39, 0.29) is 24.3 Å². The van der Waals surface area contributed by atoms with Gasteiger partial charge in [-0.15, -0.1) is 0 Å². The molecule has 0 aliphatic heterocycles. The number of rotatable bonds is 7. The molecule has 7 nitrogen and oxygen atoms in total. The fourth-order valence-electron chi connectivity index (χ4n) is 2.53. The summed E-state index contributed by atoms with van der Waals surface area (Å²) in [7, 11) is 0. The number of nitrogens with one attached hydrogen (secondary N) is 3. The molecular formula is C21H24BrN3O4. The second-order valence-electron chi connectivity index (χ2n) is 6.44. The fraction of sp³-hybridized carbons (Fsp3) is 0.286. The minimum Gasteiger partial charge on any atom is -0.493 e. The highest BCUT2D eigenvalue weighted by molar-refractivity contribution is 9.10. The lowest BCUT2D eigenvalue weighted by atomic mass is 10.1. The van der Waals surface area contributed by atoms with Crippen LogP contribution in [0.25, 0.3) is 0 Å². The summed E-state index contributed by atoms with van der Waals surface area (Å²) < 4.78 is 6.14. The van der Waals surface area contributed by atoms with Crippen molar-refractivity contribution in [3.63, 3.8) is 0 Å². The third-order valence-electron chi connectivity index (χ3n) is 4.05. The number of benzene rings is 2. The predicted octanol–water partition coefficient (Wildman–Crippen LogP) is 3.64. The predicted molar refractivity (Wildman–Crippen MR) is 115 cm³/mol. The lowest BCUT2D eigenvalue weighted by molar-refractivity contribution is -0.124. The van der Waals surface area contributed by atoms with E-state index in [1.54, 1.807) is 18.2 Å². The van der Waals surface area contributed by atoms with E-state index in [1.165, 1.54) is 0 Å². The molecule has 2 aromatic rings. The molecule has 0 fully saturated rings. The van der Waals surface area contributed by atoms with Crippen molar-refractivity contribution < 1.29 is 19.1 Å². The minimum absolute atomic E-state index is 0.00380. The molecule has 2 rings (SSSR count). The number of ether oxygens (including phenoxy) is 1. The SMILES string of the molecule is CCOc1ccc(Br)cc1C(=O)NNC(=O)CCC(=O)Nc1cc(C)ccc1C. The number of hydrazine groups is 1. The van der Waals surface area contributed by atoms with Crippen LogP contribution in [0.4, 0.5) is 5.69 Å². The smallest absolute Gasteiger partial charge is 0.273 e. The van der Waals surface area contributed by atoms with Gasteiger partial charge in [0.25, 0.3) is 5.91 Å². The van der Waals surface area contributed by atoms with Crippen LogP contribution in [0.2, 0.25) is 0 Å². The topological polar surface area (TPSA) is 96.5 Å². The van der Waals surface area contributed by atoms with Crippen molar-refractivity contribution in [1.29, 1.82) is 0 Å². The number of aryl methyl sites for hydroxylation is 2. The monoisotopic (exact) mass is 461 g/mol. The van der Waals surface area contributed by atoms with Crippen molar-refractivity contribution >= 4 is 39.3 Å². The van der Waals surface area contributed by atoms with E-state index in [0.717, 1.165) is 16.8 Å². The Morgan fingerprint density at radius 2 is 1.69 bits per heavy atom. The van der Waals surface area contributed by atoms with E-state index in [2.05, 4.69) is 32.1 Å². The van der Waals surface area contributed by atoms with Crippen LogP contribution in [-0.4, -0.2) is 24.3 Å². The van der Waals surface area contributed by atoms with Gasteiger partial charge >= 0.3 is 0 Å². The number of halogens is 1. The molecule has 0 radical (unpaired) electrons. The average molecular weight is 462 g/mol. The molecule has 0 aromatic heterocycles. The highest BCUT2D eigenvalue weighted by Gasteiger charge is 2.15. The summed E-state index contributed by atoms with van der Waals surface area (Å²) in [6.07, 6.45) is -0.0655. The van der Waals surface area contributed by atoms with Gasteiger partial charge in [0.15, 0.2) is 0 Å². The lowest BCUT2D eigenvalue weighted by Crippen LogP contribution is -2.42. The van der Waals surface area contributed by atoms with Crippen LogP contribution < -0.4 is 20.9 Å².